The Morgan fingerprint density at radius 1 is 0.357 bits per heavy atom. The summed E-state index contributed by atoms with van der Waals surface area (Å²) in [5.74, 6) is -2.03. The third kappa shape index (κ3) is 31.7. The van der Waals surface area contributed by atoms with E-state index in [9.17, 15) is 101 Å². The van der Waals surface area contributed by atoms with E-state index in [0.717, 1.165) is 65.2 Å². The Hall–Kier alpha value is -3.01. The van der Waals surface area contributed by atoms with E-state index in [1.807, 2.05) is 6.08 Å². The van der Waals surface area contributed by atoms with Crippen molar-refractivity contribution in [3.63, 3.8) is 0 Å². The molecule has 12 unspecified atom stereocenters. The highest BCUT2D eigenvalue weighted by Crippen LogP contribution is 2.38. The zero-order valence-electron chi connectivity index (χ0n) is 68.2. The molecule has 6 fully saturated rings. The van der Waals surface area contributed by atoms with Gasteiger partial charge in [-0.1, -0.05) is 206 Å². The van der Waals surface area contributed by atoms with Crippen LogP contribution in [0.15, 0.2) is 12.2 Å². The second-order valence-electron chi connectivity index (χ2n) is 32.1. The number of rotatable bonds is 55. The summed E-state index contributed by atoms with van der Waals surface area (Å²) in [5.41, 5.74) is 0. The lowest BCUT2D eigenvalue weighted by molar-refractivity contribution is -0.386. The Bertz CT molecular complexity index is 2650. The van der Waals surface area contributed by atoms with E-state index in [-0.39, 0.29) is 12.3 Å². The molecule has 0 aromatic carbocycles. The predicted octanol–water partition coefficient (Wildman–Crippen LogP) is 0.164. The van der Waals surface area contributed by atoms with Gasteiger partial charge in [-0.25, -0.2) is 0 Å². The molecule has 0 bridgehead atoms. The second kappa shape index (κ2) is 54.5. The number of unbranched alkanes of at least 4 members (excludes halogenated alkanes) is 29. The van der Waals surface area contributed by atoms with Gasteiger partial charge < -0.3 is 160 Å². The molecule has 3 amide bonds. The largest absolute Gasteiger partial charge is 0.394 e. The molecule has 0 aromatic rings. The van der Waals surface area contributed by atoms with Gasteiger partial charge in [0.15, 0.2) is 37.7 Å². The summed E-state index contributed by atoms with van der Waals surface area (Å²) >= 11 is 0. The first kappa shape index (κ1) is 101. The minimum atomic E-state index is -2.26. The van der Waals surface area contributed by atoms with Crippen LogP contribution in [-0.2, 0) is 71.2 Å². The van der Waals surface area contributed by atoms with Gasteiger partial charge in [0, 0.05) is 20.3 Å². The van der Waals surface area contributed by atoms with Crippen LogP contribution in [0.1, 0.15) is 240 Å². The van der Waals surface area contributed by atoms with Crippen LogP contribution < -0.4 is 16.0 Å². The highest BCUT2D eigenvalue weighted by atomic mass is 16.8. The normalized spacial score (nSPS) is 36.5. The van der Waals surface area contributed by atoms with Gasteiger partial charge >= 0.3 is 0 Å². The van der Waals surface area contributed by atoms with Crippen LogP contribution in [0.3, 0.4) is 0 Å². The smallest absolute Gasteiger partial charge is 0.220 e. The van der Waals surface area contributed by atoms with Gasteiger partial charge in [-0.3, -0.25) is 14.4 Å². The number of aliphatic hydroxyl groups is 17. The van der Waals surface area contributed by atoms with Crippen molar-refractivity contribution in [1.29, 1.82) is 0 Å². The summed E-state index contributed by atoms with van der Waals surface area (Å²) in [4.78, 5) is 39.4. The molecular formula is C80H145N3O32. The Morgan fingerprint density at radius 3 is 1.13 bits per heavy atom. The summed E-state index contributed by atoms with van der Waals surface area (Å²) in [6, 6.07) is -4.64. The molecule has 6 aliphatic rings. The minimum Gasteiger partial charge on any atom is -0.394 e. The standard InChI is InChI=1S/C80H145N3O32/c1-6-8-10-12-14-16-18-20-21-22-23-24-25-27-29-31-33-35-37-39-56(92)83-49(50(91)38-36-34-32-30-28-26-19-17-15-13-11-9-7-2)45-104-77-67(101)65(99)71(55(44-88)110-77)112-79-68(102)74(62(96)52(41-85)107-79)115-76-58(82-48(5)90)72(60(94)51(40-84)106-76)113-80-69(103)73(61(95)53(42-86)108-80)114-75-57(81-47(4)89)63(97)70(54(43-87)109-75)111-78-66(100)64(98)59(93)46(3)105-78/h36,38,46,49-55,57-80,84-88,91,93-103H,6-35,37,39-45H2,1-5H3,(H,81,89)(H,82,90)(H,83,92)/b38-36+/t46?,49-,50+,51?,52?,53?,54?,55?,57?,58?,59+,60+,61-,62-,63+,64?,65+,66-,67?,68?,69?,70+,71+,72+,73-,74-,75-,76-,77+,78+,79-,80-/m0/s1. The number of hydrogen-bond acceptors (Lipinski definition) is 32. The molecule has 32 atom stereocenters. The molecular weight excluding hydrogens is 1510 g/mol. The van der Waals surface area contributed by atoms with Crippen molar-refractivity contribution >= 4 is 17.7 Å². The number of aliphatic hydroxyl groups excluding tert-OH is 17. The average Bonchev–Trinajstić information content (AvgIpc) is 0.764. The molecule has 20 N–H and O–H groups in total. The van der Waals surface area contributed by atoms with E-state index in [2.05, 4.69) is 29.8 Å². The van der Waals surface area contributed by atoms with E-state index in [1.54, 1.807) is 6.08 Å². The molecule has 0 aromatic heterocycles. The summed E-state index contributed by atoms with van der Waals surface area (Å²) in [6.45, 7) is 2.39. The lowest BCUT2D eigenvalue weighted by Crippen LogP contribution is -2.71. The Kier molecular flexibility index (Phi) is 47.8. The maximum atomic E-state index is 13.6. The third-order valence-electron chi connectivity index (χ3n) is 22.7. The fourth-order valence-electron chi connectivity index (χ4n) is 15.7. The van der Waals surface area contributed by atoms with Crippen molar-refractivity contribution < 1.29 is 158 Å². The Labute approximate surface area is 677 Å². The van der Waals surface area contributed by atoms with E-state index in [0.29, 0.717) is 12.8 Å². The number of allylic oxidation sites excluding steroid dienone is 1. The Morgan fingerprint density at radius 2 is 0.696 bits per heavy atom. The van der Waals surface area contributed by atoms with Crippen LogP contribution >= 0.6 is 0 Å². The number of amides is 3. The maximum absolute atomic E-state index is 13.6. The third-order valence-corrected chi connectivity index (χ3v) is 22.7. The summed E-state index contributed by atoms with van der Waals surface area (Å²) in [7, 11) is 0. The molecule has 6 heterocycles. The van der Waals surface area contributed by atoms with Gasteiger partial charge in [0.05, 0.1) is 57.9 Å². The number of carbonyl (C=O) groups excluding carboxylic acids is 3. The van der Waals surface area contributed by atoms with Crippen molar-refractivity contribution in [2.24, 2.45) is 0 Å². The van der Waals surface area contributed by atoms with E-state index < -0.39 is 248 Å². The first-order chi connectivity index (χ1) is 55.3. The topological polar surface area (TPSA) is 542 Å². The SMILES string of the molecule is CCCCCCCCCCCCC/C=C/[C@@H](O)[C@H](CO[C@@H]1OC(CO)[C@@H](O[C@@H]2OC(CO)[C@H](O)[C@H](O[C@@H]3OC(CO)[C@@H](O)[C@H](O[C@@H]4OC(CO)[C@H](O)[C@H](O[C@@H]5OC(CO)[C@@H](O[C@H]6OC(C)[C@@H](O)C(O)[C@@H]6O)[C@H](O)C5NC(C)=O)C4O)C3NC(C)=O)C2O)[C@H](O)C1O)NC(=O)CCCCCCCCCCCCCCCCCCCCC. The van der Waals surface area contributed by atoms with Gasteiger partial charge in [0.1, 0.15) is 140 Å². The predicted molar refractivity (Wildman–Crippen MR) is 411 cm³/mol. The fourth-order valence-corrected chi connectivity index (χ4v) is 15.7. The minimum absolute atomic E-state index is 0.175. The Balaban J connectivity index is 1.09. The van der Waals surface area contributed by atoms with E-state index >= 15 is 0 Å². The van der Waals surface area contributed by atoms with Gasteiger partial charge in [-0.05, 0) is 26.2 Å². The number of carbonyl (C=O) groups is 3. The van der Waals surface area contributed by atoms with Gasteiger partial charge in [0.2, 0.25) is 17.7 Å². The molecule has 0 radical (unpaired) electrons. The number of ether oxygens (including phenoxy) is 12. The summed E-state index contributed by atoms with van der Waals surface area (Å²) in [5, 5.41) is 199. The highest BCUT2D eigenvalue weighted by molar-refractivity contribution is 5.76. The monoisotopic (exact) mass is 1660 g/mol. The van der Waals surface area contributed by atoms with Crippen LogP contribution in [0.5, 0.6) is 0 Å². The van der Waals surface area contributed by atoms with Crippen LogP contribution in [0.25, 0.3) is 0 Å². The van der Waals surface area contributed by atoms with Crippen LogP contribution in [-0.4, -0.2) is 340 Å². The molecule has 0 spiro atoms. The summed E-state index contributed by atoms with van der Waals surface area (Å²) < 4.78 is 71.3. The zero-order chi connectivity index (χ0) is 84.1. The fraction of sp³-hybridized carbons (Fsp3) is 0.938. The first-order valence-corrected chi connectivity index (χ1v) is 42.8. The van der Waals surface area contributed by atoms with Gasteiger partial charge in [0.25, 0.3) is 0 Å². The molecule has 672 valence electrons. The second-order valence-corrected chi connectivity index (χ2v) is 32.1. The number of nitrogens with one attached hydrogen (secondary N) is 3. The molecule has 0 saturated carbocycles. The molecule has 35 heteroatoms. The van der Waals surface area contributed by atoms with Crippen molar-refractivity contribution in [3.05, 3.63) is 12.2 Å². The molecule has 6 rings (SSSR count). The molecule has 115 heavy (non-hydrogen) atoms. The number of hydrogen-bond donors (Lipinski definition) is 20. The van der Waals surface area contributed by atoms with Gasteiger partial charge in [-0.15, -0.1) is 0 Å². The lowest BCUT2D eigenvalue weighted by Gasteiger charge is -2.51. The van der Waals surface area contributed by atoms with Crippen molar-refractivity contribution in [2.45, 2.75) is 436 Å². The maximum Gasteiger partial charge on any atom is 0.220 e. The average molecular weight is 1660 g/mol. The quantitative estimate of drug-likeness (QED) is 0.0285. The molecule has 0 aliphatic carbocycles. The molecule has 6 aliphatic heterocycles. The van der Waals surface area contributed by atoms with Crippen LogP contribution in [0.4, 0.5) is 0 Å². The van der Waals surface area contributed by atoms with Crippen LogP contribution in [0.2, 0.25) is 0 Å². The van der Waals surface area contributed by atoms with Crippen molar-refractivity contribution in [2.75, 3.05) is 39.6 Å². The molecule has 35 nitrogen and oxygen atoms in total. The van der Waals surface area contributed by atoms with Crippen LogP contribution in [0, 0.1) is 0 Å². The van der Waals surface area contributed by atoms with E-state index in [4.69, 9.17) is 56.8 Å². The van der Waals surface area contributed by atoms with Gasteiger partial charge in [-0.2, -0.15) is 0 Å². The van der Waals surface area contributed by atoms with E-state index in [1.165, 1.54) is 142 Å². The summed E-state index contributed by atoms with van der Waals surface area (Å²) in [6.07, 6.45) is -13.9. The first-order valence-electron chi connectivity index (χ1n) is 42.8. The highest BCUT2D eigenvalue weighted by Gasteiger charge is 2.59. The molecule has 6 saturated heterocycles. The lowest BCUT2D eigenvalue weighted by atomic mass is 9.93. The zero-order valence-corrected chi connectivity index (χ0v) is 68.2. The van der Waals surface area contributed by atoms with Crippen molar-refractivity contribution in [3.8, 4) is 0 Å². The van der Waals surface area contributed by atoms with Crippen molar-refractivity contribution in [1.82, 2.24) is 16.0 Å².